The second-order valence-electron chi connectivity index (χ2n) is 5.72. The SMILES string of the molecule is C=N/C(=C\c1c(C)ncn1Cc1ccccc1)c1c(C)noc1C. The van der Waals surface area contributed by atoms with E-state index >= 15 is 0 Å². The van der Waals surface area contributed by atoms with E-state index in [1.165, 1.54) is 5.56 Å². The third-order valence-electron chi connectivity index (χ3n) is 4.00. The average Bonchev–Trinajstić information content (AvgIpc) is 3.10. The molecule has 1 aromatic carbocycles. The standard InChI is InChI=1S/C19H20N4O/c1-13-18(10-17(20-4)19-14(2)22-24-15(19)3)23(12-21-13)11-16-8-6-5-7-9-16/h5-10,12H,4,11H2,1-3H3/b17-10-. The van der Waals surface area contributed by atoms with Crippen molar-refractivity contribution in [2.75, 3.05) is 0 Å². The van der Waals surface area contributed by atoms with Crippen LogP contribution < -0.4 is 0 Å². The Morgan fingerprint density at radius 1 is 1.21 bits per heavy atom. The molecule has 0 aliphatic rings. The van der Waals surface area contributed by atoms with Gasteiger partial charge in [0.05, 0.1) is 34.7 Å². The van der Waals surface area contributed by atoms with Gasteiger partial charge in [0.15, 0.2) is 0 Å². The number of hydrogen-bond donors (Lipinski definition) is 0. The van der Waals surface area contributed by atoms with Gasteiger partial charge in [-0.25, -0.2) is 4.98 Å². The van der Waals surface area contributed by atoms with E-state index in [9.17, 15) is 0 Å². The van der Waals surface area contributed by atoms with E-state index in [-0.39, 0.29) is 0 Å². The van der Waals surface area contributed by atoms with Crippen molar-refractivity contribution in [3.8, 4) is 0 Å². The van der Waals surface area contributed by atoms with Crippen molar-refractivity contribution >= 4 is 18.5 Å². The van der Waals surface area contributed by atoms with Crippen LogP contribution in [0.4, 0.5) is 0 Å². The Labute approximate surface area is 141 Å². The third-order valence-corrected chi connectivity index (χ3v) is 4.00. The molecule has 0 fully saturated rings. The van der Waals surface area contributed by atoms with Gasteiger partial charge in [-0.05, 0) is 39.1 Å². The van der Waals surface area contributed by atoms with Crippen LogP contribution in [0.2, 0.25) is 0 Å². The average molecular weight is 320 g/mol. The molecule has 0 bridgehead atoms. The molecule has 3 rings (SSSR count). The quantitative estimate of drug-likeness (QED) is 0.667. The number of aliphatic imine (C=N–C) groups is 1. The predicted molar refractivity (Wildman–Crippen MR) is 95.9 cm³/mol. The van der Waals surface area contributed by atoms with Crippen molar-refractivity contribution in [2.24, 2.45) is 4.99 Å². The fourth-order valence-corrected chi connectivity index (χ4v) is 2.76. The summed E-state index contributed by atoms with van der Waals surface area (Å²) in [5.74, 6) is 0.734. The Morgan fingerprint density at radius 2 is 1.96 bits per heavy atom. The molecular formula is C19H20N4O. The highest BCUT2D eigenvalue weighted by Gasteiger charge is 2.15. The van der Waals surface area contributed by atoms with Gasteiger partial charge in [0.2, 0.25) is 0 Å². The lowest BCUT2D eigenvalue weighted by atomic mass is 10.1. The van der Waals surface area contributed by atoms with E-state index in [0.29, 0.717) is 0 Å². The fourth-order valence-electron chi connectivity index (χ4n) is 2.76. The minimum atomic E-state index is 0.734. The summed E-state index contributed by atoms with van der Waals surface area (Å²) in [5.41, 5.74) is 5.59. The normalized spacial score (nSPS) is 11.7. The van der Waals surface area contributed by atoms with Crippen molar-refractivity contribution in [3.63, 3.8) is 0 Å². The maximum atomic E-state index is 5.25. The molecule has 5 nitrogen and oxygen atoms in total. The van der Waals surface area contributed by atoms with Crippen LogP contribution in [-0.2, 0) is 6.54 Å². The van der Waals surface area contributed by atoms with Crippen LogP contribution in [0.15, 0.2) is 46.2 Å². The highest BCUT2D eigenvalue weighted by Crippen LogP contribution is 2.26. The van der Waals surface area contributed by atoms with Crippen molar-refractivity contribution in [1.82, 2.24) is 14.7 Å². The van der Waals surface area contributed by atoms with Gasteiger partial charge in [-0.1, -0.05) is 35.5 Å². The zero-order valence-corrected chi connectivity index (χ0v) is 14.2. The van der Waals surface area contributed by atoms with E-state index in [4.69, 9.17) is 4.52 Å². The van der Waals surface area contributed by atoms with E-state index in [2.05, 4.69) is 38.6 Å². The number of rotatable bonds is 5. The van der Waals surface area contributed by atoms with Gasteiger partial charge in [-0.3, -0.25) is 4.99 Å². The smallest absolute Gasteiger partial charge is 0.143 e. The fraction of sp³-hybridized carbons (Fsp3) is 0.211. The van der Waals surface area contributed by atoms with Crippen LogP contribution in [0.3, 0.4) is 0 Å². The molecule has 0 unspecified atom stereocenters. The van der Waals surface area contributed by atoms with E-state index in [1.54, 1.807) is 0 Å². The number of nitrogens with zero attached hydrogens (tertiary/aromatic N) is 4. The van der Waals surface area contributed by atoms with Crippen LogP contribution >= 0.6 is 0 Å². The van der Waals surface area contributed by atoms with Crippen LogP contribution in [0.1, 0.15) is 34.0 Å². The lowest BCUT2D eigenvalue weighted by Crippen LogP contribution is -2.01. The summed E-state index contributed by atoms with van der Waals surface area (Å²) in [6.45, 7) is 10.2. The first-order chi connectivity index (χ1) is 11.6. The molecule has 0 spiro atoms. The Kier molecular flexibility index (Phi) is 4.42. The number of hydrogen-bond acceptors (Lipinski definition) is 4. The van der Waals surface area contributed by atoms with Gasteiger partial charge in [-0.15, -0.1) is 0 Å². The Bertz CT molecular complexity index is 868. The van der Waals surface area contributed by atoms with Gasteiger partial charge in [0.25, 0.3) is 0 Å². The van der Waals surface area contributed by atoms with Crippen LogP contribution in [0.5, 0.6) is 0 Å². The van der Waals surface area contributed by atoms with Crippen molar-refractivity contribution in [1.29, 1.82) is 0 Å². The first-order valence-corrected chi connectivity index (χ1v) is 7.77. The summed E-state index contributed by atoms with van der Waals surface area (Å²) in [4.78, 5) is 8.63. The van der Waals surface area contributed by atoms with Gasteiger partial charge in [0, 0.05) is 6.54 Å². The summed E-state index contributed by atoms with van der Waals surface area (Å²) in [5, 5.41) is 4.00. The molecule has 0 radical (unpaired) electrons. The molecule has 0 aliphatic carbocycles. The van der Waals surface area contributed by atoms with E-state index in [1.807, 2.05) is 51.4 Å². The summed E-state index contributed by atoms with van der Waals surface area (Å²) in [6, 6.07) is 10.3. The molecule has 2 heterocycles. The monoisotopic (exact) mass is 320 g/mol. The molecule has 0 atom stereocenters. The zero-order chi connectivity index (χ0) is 17.1. The van der Waals surface area contributed by atoms with E-state index in [0.717, 1.165) is 40.6 Å². The predicted octanol–water partition coefficient (Wildman–Crippen LogP) is 4.04. The molecule has 0 aliphatic heterocycles. The third kappa shape index (κ3) is 3.06. The number of imidazole rings is 1. The first-order valence-electron chi connectivity index (χ1n) is 7.77. The Morgan fingerprint density at radius 3 is 2.58 bits per heavy atom. The molecule has 0 saturated carbocycles. The molecule has 3 aromatic rings. The lowest BCUT2D eigenvalue weighted by Gasteiger charge is -2.08. The summed E-state index contributed by atoms with van der Waals surface area (Å²) in [6.07, 6.45) is 3.84. The van der Waals surface area contributed by atoms with Gasteiger partial charge in [-0.2, -0.15) is 0 Å². The lowest BCUT2D eigenvalue weighted by molar-refractivity contribution is 0.393. The van der Waals surface area contributed by atoms with Crippen molar-refractivity contribution < 1.29 is 4.52 Å². The second-order valence-corrected chi connectivity index (χ2v) is 5.72. The van der Waals surface area contributed by atoms with Gasteiger partial charge in [0.1, 0.15) is 5.76 Å². The Balaban J connectivity index is 2.03. The molecule has 2 aromatic heterocycles. The highest BCUT2D eigenvalue weighted by molar-refractivity contribution is 5.83. The number of benzene rings is 1. The molecule has 0 amide bonds. The number of aryl methyl sites for hydroxylation is 3. The van der Waals surface area contributed by atoms with Crippen molar-refractivity contribution in [3.05, 3.63) is 70.6 Å². The van der Waals surface area contributed by atoms with Gasteiger partial charge >= 0.3 is 0 Å². The topological polar surface area (TPSA) is 56.2 Å². The molecule has 0 N–H and O–H groups in total. The Hall–Kier alpha value is -2.95. The van der Waals surface area contributed by atoms with Gasteiger partial charge < -0.3 is 9.09 Å². The summed E-state index contributed by atoms with van der Waals surface area (Å²) in [7, 11) is 0. The summed E-state index contributed by atoms with van der Waals surface area (Å²) >= 11 is 0. The molecule has 24 heavy (non-hydrogen) atoms. The maximum absolute atomic E-state index is 5.25. The second kappa shape index (κ2) is 6.66. The van der Waals surface area contributed by atoms with Crippen molar-refractivity contribution in [2.45, 2.75) is 27.3 Å². The zero-order valence-electron chi connectivity index (χ0n) is 14.2. The van der Waals surface area contributed by atoms with E-state index < -0.39 is 0 Å². The van der Waals surface area contributed by atoms with Crippen LogP contribution in [-0.4, -0.2) is 21.4 Å². The first kappa shape index (κ1) is 15.9. The number of aromatic nitrogens is 3. The largest absolute Gasteiger partial charge is 0.361 e. The minimum absolute atomic E-state index is 0.734. The molecule has 5 heteroatoms. The maximum Gasteiger partial charge on any atom is 0.143 e. The molecular weight excluding hydrogens is 300 g/mol. The van der Waals surface area contributed by atoms with Crippen LogP contribution in [0.25, 0.3) is 11.8 Å². The summed E-state index contributed by atoms with van der Waals surface area (Å²) < 4.78 is 7.36. The molecule has 0 saturated heterocycles. The molecule has 122 valence electrons. The highest BCUT2D eigenvalue weighted by atomic mass is 16.5. The minimum Gasteiger partial charge on any atom is -0.361 e. The van der Waals surface area contributed by atoms with Crippen LogP contribution in [0, 0.1) is 20.8 Å².